The van der Waals surface area contributed by atoms with Crippen LogP contribution in [0.3, 0.4) is 0 Å². The molecule has 5 heteroatoms. The third-order valence-corrected chi connectivity index (χ3v) is 7.37. The van der Waals surface area contributed by atoms with Gasteiger partial charge in [0.15, 0.2) is 0 Å². The zero-order valence-corrected chi connectivity index (χ0v) is 17.4. The zero-order chi connectivity index (χ0) is 19.2. The van der Waals surface area contributed by atoms with Crippen LogP contribution in [-0.2, 0) is 10.2 Å². The Hall–Kier alpha value is -1.78. The topological polar surface area (TPSA) is 49.3 Å². The number of hydrogen-bond donors (Lipinski definition) is 2. The second-order valence-corrected chi connectivity index (χ2v) is 8.92. The van der Waals surface area contributed by atoms with E-state index in [9.17, 15) is 9.90 Å². The average molecular weight is 447 g/mol. The Labute approximate surface area is 172 Å². The van der Waals surface area contributed by atoms with E-state index in [4.69, 9.17) is 11.6 Å². The number of carboxylic acids is 1. The first kappa shape index (κ1) is 18.6. The maximum Gasteiger partial charge on any atom is 0.329 e. The summed E-state index contributed by atoms with van der Waals surface area (Å²) in [5.74, 6) is -0.806. The van der Waals surface area contributed by atoms with E-state index in [1.165, 1.54) is 21.2 Å². The molecule has 2 N–H and O–H groups in total. The van der Waals surface area contributed by atoms with Gasteiger partial charge in [-0.05, 0) is 73.6 Å². The van der Waals surface area contributed by atoms with Gasteiger partial charge in [0.2, 0.25) is 0 Å². The minimum Gasteiger partial charge on any atom is -0.480 e. The molecule has 0 unspecified atom stereocenters. The third-order valence-electron chi connectivity index (χ3n) is 6.14. The van der Waals surface area contributed by atoms with E-state index in [1.807, 2.05) is 12.1 Å². The molecule has 1 spiro atoms. The van der Waals surface area contributed by atoms with Crippen LogP contribution in [0.2, 0.25) is 5.02 Å². The summed E-state index contributed by atoms with van der Waals surface area (Å²) in [6, 6.07) is 13.7. The summed E-state index contributed by atoms with van der Waals surface area (Å²) < 4.78 is 1.17. The van der Waals surface area contributed by atoms with E-state index in [1.54, 1.807) is 12.1 Å². The second-order valence-electron chi connectivity index (χ2n) is 7.63. The number of aliphatic carboxylic acids is 1. The standard InChI is InChI=1S/C22H21BrClNO2/c1-14-4-2-7-18-17(14)13-19(23)21(18)8-10-22(11-9-21,20(26)27)25-16-6-3-5-15(24)12-16/h2-7,12-13,25H,8-11H2,1H3,(H,26,27). The molecule has 0 aromatic heterocycles. The highest BCUT2D eigenvalue weighted by atomic mass is 79.9. The van der Waals surface area contributed by atoms with Crippen molar-refractivity contribution in [3.8, 4) is 0 Å². The van der Waals surface area contributed by atoms with Gasteiger partial charge >= 0.3 is 5.97 Å². The number of carbonyl (C=O) groups is 1. The SMILES string of the molecule is Cc1cccc2c1C=C(Br)C21CCC(Nc2cccc(Cl)c2)(C(=O)O)CC1. The minimum atomic E-state index is -0.976. The van der Waals surface area contributed by atoms with Crippen LogP contribution < -0.4 is 5.32 Å². The first-order valence-electron chi connectivity index (χ1n) is 9.11. The molecule has 1 saturated carbocycles. The predicted molar refractivity (Wildman–Crippen MR) is 114 cm³/mol. The number of aryl methyl sites for hydroxylation is 1. The summed E-state index contributed by atoms with van der Waals surface area (Å²) in [5, 5.41) is 13.9. The number of benzene rings is 2. The summed E-state index contributed by atoms with van der Waals surface area (Å²) in [6.07, 6.45) is 4.86. The first-order valence-corrected chi connectivity index (χ1v) is 10.3. The van der Waals surface area contributed by atoms with Gasteiger partial charge in [0.25, 0.3) is 0 Å². The number of anilines is 1. The van der Waals surface area contributed by atoms with Gasteiger partial charge in [0.05, 0.1) is 0 Å². The van der Waals surface area contributed by atoms with Gasteiger partial charge in [-0.3, -0.25) is 0 Å². The molecule has 4 rings (SSSR count). The Balaban J connectivity index is 1.65. The van der Waals surface area contributed by atoms with Gasteiger partial charge < -0.3 is 10.4 Å². The quantitative estimate of drug-likeness (QED) is 0.595. The van der Waals surface area contributed by atoms with Crippen LogP contribution in [0.5, 0.6) is 0 Å². The van der Waals surface area contributed by atoms with Crippen molar-refractivity contribution in [2.45, 2.75) is 43.6 Å². The Morgan fingerprint density at radius 3 is 2.52 bits per heavy atom. The molecule has 0 radical (unpaired) electrons. The highest BCUT2D eigenvalue weighted by Crippen LogP contribution is 2.55. The van der Waals surface area contributed by atoms with Crippen molar-refractivity contribution in [2.24, 2.45) is 0 Å². The number of nitrogens with one attached hydrogen (secondary N) is 1. The van der Waals surface area contributed by atoms with E-state index < -0.39 is 11.5 Å². The molecule has 0 atom stereocenters. The number of rotatable bonds is 3. The van der Waals surface area contributed by atoms with Gasteiger partial charge in [0.1, 0.15) is 5.54 Å². The Morgan fingerprint density at radius 2 is 1.85 bits per heavy atom. The van der Waals surface area contributed by atoms with Gasteiger partial charge in [-0.2, -0.15) is 0 Å². The Kier molecular flexibility index (Phi) is 4.59. The van der Waals surface area contributed by atoms with Crippen molar-refractivity contribution in [3.05, 3.63) is 68.7 Å². The summed E-state index contributed by atoms with van der Waals surface area (Å²) >= 11 is 9.87. The molecule has 2 aliphatic carbocycles. The van der Waals surface area contributed by atoms with Crippen LogP contribution >= 0.6 is 27.5 Å². The maximum atomic E-state index is 12.2. The lowest BCUT2D eigenvalue weighted by Crippen LogP contribution is -2.52. The smallest absolute Gasteiger partial charge is 0.329 e. The monoisotopic (exact) mass is 445 g/mol. The fourth-order valence-corrected chi connectivity index (χ4v) is 5.56. The van der Waals surface area contributed by atoms with E-state index in [-0.39, 0.29) is 5.41 Å². The molecule has 0 aliphatic heterocycles. The number of fused-ring (bicyclic) bond motifs is 2. The highest BCUT2D eigenvalue weighted by molar-refractivity contribution is 9.11. The van der Waals surface area contributed by atoms with Gasteiger partial charge in [-0.25, -0.2) is 4.79 Å². The van der Waals surface area contributed by atoms with Crippen molar-refractivity contribution < 1.29 is 9.90 Å². The molecule has 1 fully saturated rings. The number of hydrogen-bond acceptors (Lipinski definition) is 2. The van der Waals surface area contributed by atoms with Crippen molar-refractivity contribution in [1.29, 1.82) is 0 Å². The van der Waals surface area contributed by atoms with E-state index in [0.29, 0.717) is 17.9 Å². The number of halogens is 2. The van der Waals surface area contributed by atoms with Crippen LogP contribution in [0.1, 0.15) is 42.4 Å². The minimum absolute atomic E-state index is 0.115. The normalized spacial score (nSPS) is 26.6. The maximum absolute atomic E-state index is 12.2. The summed E-state index contributed by atoms with van der Waals surface area (Å²) in [5.41, 5.74) is 3.50. The zero-order valence-electron chi connectivity index (χ0n) is 15.1. The molecule has 0 amide bonds. The Bertz CT molecular complexity index is 945. The largest absolute Gasteiger partial charge is 0.480 e. The van der Waals surface area contributed by atoms with Crippen molar-refractivity contribution in [2.75, 3.05) is 5.32 Å². The molecule has 27 heavy (non-hydrogen) atoms. The molecule has 2 aromatic rings. The van der Waals surface area contributed by atoms with Crippen LogP contribution in [0.15, 0.2) is 46.9 Å². The van der Waals surface area contributed by atoms with E-state index in [0.717, 1.165) is 18.5 Å². The predicted octanol–water partition coefficient (Wildman–Crippen LogP) is 6.15. The Morgan fingerprint density at radius 1 is 1.15 bits per heavy atom. The third kappa shape index (κ3) is 2.99. The average Bonchev–Trinajstić information content (AvgIpc) is 2.91. The number of carboxylic acid groups (broad SMARTS) is 1. The highest BCUT2D eigenvalue weighted by Gasteiger charge is 2.51. The van der Waals surface area contributed by atoms with Crippen molar-refractivity contribution in [1.82, 2.24) is 0 Å². The molecule has 2 aliphatic rings. The molecule has 140 valence electrons. The van der Waals surface area contributed by atoms with Gasteiger partial charge in [-0.15, -0.1) is 0 Å². The van der Waals surface area contributed by atoms with Crippen LogP contribution in [0, 0.1) is 6.92 Å². The molecular weight excluding hydrogens is 426 g/mol. The van der Waals surface area contributed by atoms with Crippen molar-refractivity contribution >= 4 is 45.3 Å². The molecular formula is C22H21BrClNO2. The fraction of sp³-hybridized carbons (Fsp3) is 0.318. The molecule has 0 bridgehead atoms. The lowest BCUT2D eigenvalue weighted by atomic mass is 9.65. The lowest BCUT2D eigenvalue weighted by molar-refractivity contribution is -0.143. The molecule has 0 saturated heterocycles. The van der Waals surface area contributed by atoms with E-state index >= 15 is 0 Å². The molecule has 3 nitrogen and oxygen atoms in total. The van der Waals surface area contributed by atoms with Crippen LogP contribution in [0.25, 0.3) is 6.08 Å². The van der Waals surface area contributed by atoms with Crippen molar-refractivity contribution in [3.63, 3.8) is 0 Å². The van der Waals surface area contributed by atoms with Crippen LogP contribution in [-0.4, -0.2) is 16.6 Å². The van der Waals surface area contributed by atoms with E-state index in [2.05, 4.69) is 52.4 Å². The molecule has 0 heterocycles. The molecule has 2 aromatic carbocycles. The number of allylic oxidation sites excluding steroid dienone is 1. The second kappa shape index (κ2) is 6.68. The lowest BCUT2D eigenvalue weighted by Gasteiger charge is -2.44. The van der Waals surface area contributed by atoms with Crippen LogP contribution in [0.4, 0.5) is 5.69 Å². The first-order chi connectivity index (χ1) is 12.9. The summed E-state index contributed by atoms with van der Waals surface area (Å²) in [7, 11) is 0. The fourth-order valence-electron chi connectivity index (χ4n) is 4.53. The van der Waals surface area contributed by atoms with Gasteiger partial charge in [-0.1, -0.05) is 51.8 Å². The van der Waals surface area contributed by atoms with Gasteiger partial charge in [0, 0.05) is 20.6 Å². The summed E-state index contributed by atoms with van der Waals surface area (Å²) in [4.78, 5) is 12.2. The summed E-state index contributed by atoms with van der Waals surface area (Å²) in [6.45, 7) is 2.12.